The highest BCUT2D eigenvalue weighted by Gasteiger charge is 2.13. The maximum Gasteiger partial charge on any atom is 0.115 e. The van der Waals surface area contributed by atoms with Crippen molar-refractivity contribution in [1.29, 1.82) is 0 Å². The molecule has 1 aromatic heterocycles. The van der Waals surface area contributed by atoms with Crippen molar-refractivity contribution in [2.75, 3.05) is 0 Å². The number of aromatic nitrogens is 2. The van der Waals surface area contributed by atoms with Gasteiger partial charge in [0.15, 0.2) is 0 Å². The molecule has 0 radical (unpaired) electrons. The normalized spacial score (nSPS) is 12.5. The van der Waals surface area contributed by atoms with Crippen molar-refractivity contribution in [2.45, 2.75) is 6.04 Å². The summed E-state index contributed by atoms with van der Waals surface area (Å²) in [5, 5.41) is 2.41. The number of rotatable bonds is 3. The van der Waals surface area contributed by atoms with Gasteiger partial charge in [-0.1, -0.05) is 36.4 Å². The highest BCUT2D eigenvalue weighted by molar-refractivity contribution is 5.83. The van der Waals surface area contributed by atoms with E-state index in [0.717, 1.165) is 11.1 Å². The largest absolute Gasteiger partial charge is 0.271 e. The number of hydrogen-bond acceptors (Lipinski definition) is 4. The topological polar surface area (TPSA) is 63.8 Å². The maximum atomic E-state index is 5.68. The first kappa shape index (κ1) is 11.8. The van der Waals surface area contributed by atoms with Gasteiger partial charge in [0.25, 0.3) is 0 Å². The van der Waals surface area contributed by atoms with Crippen molar-refractivity contribution < 1.29 is 0 Å². The zero-order valence-corrected chi connectivity index (χ0v) is 10.3. The third-order valence-corrected chi connectivity index (χ3v) is 3.19. The molecule has 0 amide bonds. The second kappa shape index (κ2) is 5.14. The van der Waals surface area contributed by atoms with Crippen molar-refractivity contribution >= 4 is 10.8 Å². The first-order chi connectivity index (χ1) is 9.38. The molecule has 0 aliphatic rings. The van der Waals surface area contributed by atoms with Crippen LogP contribution in [-0.2, 0) is 0 Å². The molecule has 0 fully saturated rings. The van der Waals surface area contributed by atoms with Crippen molar-refractivity contribution in [2.24, 2.45) is 5.84 Å². The molecular formula is C15H14N4. The van der Waals surface area contributed by atoms with Crippen LogP contribution in [0.4, 0.5) is 0 Å². The number of hydrazine groups is 1. The lowest BCUT2D eigenvalue weighted by Gasteiger charge is -2.16. The van der Waals surface area contributed by atoms with E-state index >= 15 is 0 Å². The van der Waals surface area contributed by atoms with Gasteiger partial charge >= 0.3 is 0 Å². The Morgan fingerprint density at radius 3 is 2.37 bits per heavy atom. The van der Waals surface area contributed by atoms with Crippen LogP contribution >= 0.6 is 0 Å². The van der Waals surface area contributed by atoms with E-state index in [1.165, 1.54) is 17.1 Å². The highest BCUT2D eigenvalue weighted by atomic mass is 15.2. The van der Waals surface area contributed by atoms with Gasteiger partial charge in [-0.15, -0.1) is 0 Å². The third kappa shape index (κ3) is 2.31. The lowest BCUT2D eigenvalue weighted by Crippen LogP contribution is -2.29. The second-order valence-electron chi connectivity index (χ2n) is 4.38. The summed E-state index contributed by atoms with van der Waals surface area (Å²) < 4.78 is 0. The van der Waals surface area contributed by atoms with Crippen LogP contribution in [0.1, 0.15) is 17.2 Å². The summed E-state index contributed by atoms with van der Waals surface area (Å²) in [7, 11) is 0. The molecule has 0 spiro atoms. The molecule has 0 saturated heterocycles. The summed E-state index contributed by atoms with van der Waals surface area (Å²) in [5.74, 6) is 5.68. The molecule has 4 heteroatoms. The maximum absolute atomic E-state index is 5.68. The van der Waals surface area contributed by atoms with Crippen molar-refractivity contribution in [3.8, 4) is 0 Å². The number of benzene rings is 2. The molecule has 4 nitrogen and oxygen atoms in total. The number of nitrogens with zero attached hydrogens (tertiary/aromatic N) is 2. The predicted octanol–water partition coefficient (Wildman–Crippen LogP) is 2.18. The van der Waals surface area contributed by atoms with E-state index in [1.807, 2.05) is 12.1 Å². The molecule has 1 heterocycles. The average Bonchev–Trinajstić information content (AvgIpc) is 2.49. The molecule has 3 rings (SSSR count). The number of nitrogens with one attached hydrogen (secondary N) is 1. The van der Waals surface area contributed by atoms with Gasteiger partial charge in [-0.05, 0) is 22.4 Å². The molecule has 3 aromatic rings. The standard InChI is InChI=1S/C15H14N4/c16-19-15(14-8-17-10-18-9-14)13-6-5-11-3-1-2-4-12(11)7-13/h1-10,15,19H,16H2. The summed E-state index contributed by atoms with van der Waals surface area (Å²) in [5.41, 5.74) is 4.86. The Bertz CT molecular complexity index is 682. The van der Waals surface area contributed by atoms with Crippen LogP contribution in [0.2, 0.25) is 0 Å². The van der Waals surface area contributed by atoms with E-state index in [0.29, 0.717) is 0 Å². The third-order valence-electron chi connectivity index (χ3n) is 3.19. The van der Waals surface area contributed by atoms with Crippen molar-refractivity contribution in [1.82, 2.24) is 15.4 Å². The lowest BCUT2D eigenvalue weighted by molar-refractivity contribution is 0.632. The van der Waals surface area contributed by atoms with Crippen molar-refractivity contribution in [3.63, 3.8) is 0 Å². The van der Waals surface area contributed by atoms with Crippen LogP contribution in [0.5, 0.6) is 0 Å². The number of fused-ring (bicyclic) bond motifs is 1. The molecule has 19 heavy (non-hydrogen) atoms. The van der Waals surface area contributed by atoms with Gasteiger partial charge in [0, 0.05) is 18.0 Å². The summed E-state index contributed by atoms with van der Waals surface area (Å²) >= 11 is 0. The average molecular weight is 250 g/mol. The van der Waals surface area contributed by atoms with Crippen LogP contribution in [0.25, 0.3) is 10.8 Å². The molecule has 94 valence electrons. The van der Waals surface area contributed by atoms with Gasteiger partial charge in [0.2, 0.25) is 0 Å². The van der Waals surface area contributed by atoms with Gasteiger partial charge < -0.3 is 0 Å². The monoisotopic (exact) mass is 250 g/mol. The molecule has 0 aliphatic heterocycles. The molecular weight excluding hydrogens is 236 g/mol. The van der Waals surface area contributed by atoms with E-state index in [4.69, 9.17) is 5.84 Å². The fraction of sp³-hybridized carbons (Fsp3) is 0.0667. The first-order valence-corrected chi connectivity index (χ1v) is 6.08. The predicted molar refractivity (Wildman–Crippen MR) is 75.1 cm³/mol. The molecule has 1 unspecified atom stereocenters. The van der Waals surface area contributed by atoms with E-state index in [1.54, 1.807) is 12.4 Å². The molecule has 2 aromatic carbocycles. The Balaban J connectivity index is 2.06. The summed E-state index contributed by atoms with van der Waals surface area (Å²) in [6, 6.07) is 14.4. The minimum absolute atomic E-state index is 0.106. The number of hydrogen-bond donors (Lipinski definition) is 2. The van der Waals surface area contributed by atoms with E-state index in [2.05, 4.69) is 45.7 Å². The van der Waals surface area contributed by atoms with Gasteiger partial charge in [-0.25, -0.2) is 15.4 Å². The van der Waals surface area contributed by atoms with Gasteiger partial charge in [-0.3, -0.25) is 5.84 Å². The van der Waals surface area contributed by atoms with Crippen LogP contribution in [0.3, 0.4) is 0 Å². The Labute approximate surface area is 111 Å². The van der Waals surface area contributed by atoms with Crippen LogP contribution in [0.15, 0.2) is 61.2 Å². The Morgan fingerprint density at radius 2 is 1.63 bits per heavy atom. The van der Waals surface area contributed by atoms with Gasteiger partial charge in [0.1, 0.15) is 6.33 Å². The smallest absolute Gasteiger partial charge is 0.115 e. The fourth-order valence-electron chi connectivity index (χ4n) is 2.23. The van der Waals surface area contributed by atoms with Crippen LogP contribution in [0, 0.1) is 0 Å². The quantitative estimate of drug-likeness (QED) is 0.552. The van der Waals surface area contributed by atoms with Gasteiger partial charge in [-0.2, -0.15) is 0 Å². The molecule has 1 atom stereocenters. The van der Waals surface area contributed by atoms with E-state index < -0.39 is 0 Å². The van der Waals surface area contributed by atoms with Crippen LogP contribution < -0.4 is 11.3 Å². The zero-order chi connectivity index (χ0) is 13.1. The second-order valence-corrected chi connectivity index (χ2v) is 4.38. The number of nitrogens with two attached hydrogens (primary N) is 1. The highest BCUT2D eigenvalue weighted by Crippen LogP contribution is 2.24. The minimum Gasteiger partial charge on any atom is -0.271 e. The molecule has 0 bridgehead atoms. The lowest BCUT2D eigenvalue weighted by atomic mass is 9.98. The van der Waals surface area contributed by atoms with E-state index in [-0.39, 0.29) is 6.04 Å². The zero-order valence-electron chi connectivity index (χ0n) is 10.3. The minimum atomic E-state index is -0.106. The molecule has 0 aliphatic carbocycles. The SMILES string of the molecule is NNC(c1cncnc1)c1ccc2ccccc2c1. The first-order valence-electron chi connectivity index (χ1n) is 6.08. The Morgan fingerprint density at radius 1 is 0.895 bits per heavy atom. The van der Waals surface area contributed by atoms with Gasteiger partial charge in [0.05, 0.1) is 6.04 Å². The fourth-order valence-corrected chi connectivity index (χ4v) is 2.23. The summed E-state index contributed by atoms with van der Waals surface area (Å²) in [6.45, 7) is 0. The summed E-state index contributed by atoms with van der Waals surface area (Å²) in [4.78, 5) is 8.07. The van der Waals surface area contributed by atoms with Crippen LogP contribution in [-0.4, -0.2) is 9.97 Å². The van der Waals surface area contributed by atoms with E-state index in [9.17, 15) is 0 Å². The Hall–Kier alpha value is -2.30. The molecule has 3 N–H and O–H groups in total. The molecule has 0 saturated carbocycles. The van der Waals surface area contributed by atoms with Crippen molar-refractivity contribution in [3.05, 3.63) is 72.3 Å². The Kier molecular flexibility index (Phi) is 3.18. The summed E-state index contributed by atoms with van der Waals surface area (Å²) in [6.07, 6.45) is 5.05.